The molecule has 0 radical (unpaired) electrons. The summed E-state index contributed by atoms with van der Waals surface area (Å²) in [5.41, 5.74) is 5.16. The molecule has 0 amide bonds. The van der Waals surface area contributed by atoms with Gasteiger partial charge in [-0.1, -0.05) is 13.3 Å². The third-order valence-electron chi connectivity index (χ3n) is 1.53. The second-order valence-corrected chi connectivity index (χ2v) is 2.95. The van der Waals surface area contributed by atoms with Gasteiger partial charge in [0, 0.05) is 12.5 Å². The van der Waals surface area contributed by atoms with E-state index in [1.807, 2.05) is 6.92 Å². The maximum Gasteiger partial charge on any atom is 0.185 e. The van der Waals surface area contributed by atoms with Crippen molar-refractivity contribution < 1.29 is 4.79 Å². The van der Waals surface area contributed by atoms with Crippen LogP contribution in [0.25, 0.3) is 0 Å². The molecule has 0 aromatic rings. The highest BCUT2D eigenvalue weighted by atomic mass is 16.1. The van der Waals surface area contributed by atoms with Crippen LogP contribution in [0.2, 0.25) is 0 Å². The summed E-state index contributed by atoms with van der Waals surface area (Å²) in [6.45, 7) is 3.58. The van der Waals surface area contributed by atoms with Crippen molar-refractivity contribution in [2.75, 3.05) is 0 Å². The molecule has 0 saturated carbocycles. The first-order chi connectivity index (χ1) is 5.56. The van der Waals surface area contributed by atoms with E-state index < -0.39 is 0 Å². The number of hydrogen-bond donors (Lipinski definition) is 3. The van der Waals surface area contributed by atoms with Gasteiger partial charge in [-0.2, -0.15) is 0 Å². The molecule has 0 fully saturated rings. The summed E-state index contributed by atoms with van der Waals surface area (Å²) >= 11 is 0. The molecule has 70 valence electrons. The number of nitrogens with two attached hydrogens (primary N) is 1. The van der Waals surface area contributed by atoms with E-state index in [1.54, 1.807) is 6.92 Å². The van der Waals surface area contributed by atoms with Gasteiger partial charge in [0.05, 0.1) is 0 Å². The van der Waals surface area contributed by atoms with Crippen LogP contribution in [-0.2, 0) is 4.79 Å². The number of carbonyl (C=O) groups is 1. The van der Waals surface area contributed by atoms with Gasteiger partial charge in [-0.25, -0.2) is 0 Å². The molecule has 4 N–H and O–H groups in total. The Morgan fingerprint density at radius 3 is 2.58 bits per heavy atom. The third-order valence-corrected chi connectivity index (χ3v) is 1.53. The monoisotopic (exact) mass is 171 g/mol. The van der Waals surface area contributed by atoms with Crippen LogP contribution in [0.1, 0.15) is 33.1 Å². The number of nitrogens with one attached hydrogen (secondary N) is 2. The van der Waals surface area contributed by atoms with Gasteiger partial charge in [-0.15, -0.1) is 0 Å². The summed E-state index contributed by atoms with van der Waals surface area (Å²) in [6, 6.07) is 0.0324. The molecule has 4 nitrogen and oxygen atoms in total. The summed E-state index contributed by atoms with van der Waals surface area (Å²) < 4.78 is 0. The lowest BCUT2D eigenvalue weighted by molar-refractivity contribution is -0.117. The van der Waals surface area contributed by atoms with Crippen LogP contribution < -0.4 is 11.1 Å². The van der Waals surface area contributed by atoms with E-state index in [-0.39, 0.29) is 17.8 Å². The lowest BCUT2D eigenvalue weighted by atomic mass is 10.1. The molecule has 0 bridgehead atoms. The van der Waals surface area contributed by atoms with Crippen LogP contribution in [0.3, 0.4) is 0 Å². The van der Waals surface area contributed by atoms with Crippen LogP contribution in [0.5, 0.6) is 0 Å². The molecule has 12 heavy (non-hydrogen) atoms. The van der Waals surface area contributed by atoms with E-state index in [0.29, 0.717) is 6.42 Å². The fraction of sp³-hybridized carbons (Fsp3) is 0.750. The Balaban J connectivity index is 3.85. The zero-order valence-electron chi connectivity index (χ0n) is 7.68. The quantitative estimate of drug-likeness (QED) is 0.419. The third kappa shape index (κ3) is 5.70. The van der Waals surface area contributed by atoms with E-state index in [2.05, 4.69) is 5.32 Å². The molecule has 0 aromatic heterocycles. The van der Waals surface area contributed by atoms with Crippen LogP contribution in [0, 0.1) is 5.41 Å². The van der Waals surface area contributed by atoms with Crippen LogP contribution in [0.4, 0.5) is 0 Å². The highest BCUT2D eigenvalue weighted by molar-refractivity contribution is 5.78. The molecule has 0 unspecified atom stereocenters. The van der Waals surface area contributed by atoms with Crippen LogP contribution in [-0.4, -0.2) is 17.8 Å². The highest BCUT2D eigenvalue weighted by Crippen LogP contribution is 2.01. The van der Waals surface area contributed by atoms with Crippen molar-refractivity contribution in [1.29, 1.82) is 5.41 Å². The molecule has 0 saturated heterocycles. The van der Waals surface area contributed by atoms with E-state index in [4.69, 9.17) is 11.1 Å². The van der Waals surface area contributed by atoms with Gasteiger partial charge < -0.3 is 11.1 Å². The predicted molar refractivity (Wildman–Crippen MR) is 49.0 cm³/mol. The number of guanidine groups is 1. The minimum absolute atomic E-state index is 0.0324. The average molecular weight is 171 g/mol. The zero-order chi connectivity index (χ0) is 9.56. The first kappa shape index (κ1) is 10.9. The standard InChI is InChI=1S/C8H17N3O/c1-3-4-7(5-6(2)12)11-8(9)10/h7H,3-5H2,1-2H3,(H4,9,10,11)/t7-/m0/s1. The summed E-state index contributed by atoms with van der Waals surface area (Å²) in [5.74, 6) is 0.0666. The molecule has 0 heterocycles. The van der Waals surface area contributed by atoms with Crippen molar-refractivity contribution in [2.24, 2.45) is 5.73 Å². The van der Waals surface area contributed by atoms with Crippen molar-refractivity contribution in [2.45, 2.75) is 39.2 Å². The van der Waals surface area contributed by atoms with E-state index in [1.165, 1.54) is 0 Å². The Kier molecular flexibility index (Phi) is 5.08. The SMILES string of the molecule is CCC[C@@H](CC(C)=O)NC(=N)N. The molecule has 0 aliphatic rings. The van der Waals surface area contributed by atoms with Gasteiger partial charge in [0.15, 0.2) is 5.96 Å². The van der Waals surface area contributed by atoms with Crippen molar-refractivity contribution in [3.63, 3.8) is 0 Å². The molecule has 0 aliphatic heterocycles. The Bertz CT molecular complexity index is 152. The lowest BCUT2D eigenvalue weighted by Crippen LogP contribution is -2.40. The van der Waals surface area contributed by atoms with Crippen molar-refractivity contribution in [1.82, 2.24) is 5.32 Å². The Labute approximate surface area is 73.0 Å². The van der Waals surface area contributed by atoms with Gasteiger partial charge in [0.2, 0.25) is 0 Å². The Morgan fingerprint density at radius 1 is 1.67 bits per heavy atom. The van der Waals surface area contributed by atoms with Crippen molar-refractivity contribution in [3.05, 3.63) is 0 Å². The van der Waals surface area contributed by atoms with E-state index in [0.717, 1.165) is 12.8 Å². The minimum Gasteiger partial charge on any atom is -0.370 e. The Morgan fingerprint density at radius 2 is 2.25 bits per heavy atom. The van der Waals surface area contributed by atoms with Gasteiger partial charge in [-0.3, -0.25) is 10.2 Å². The fourth-order valence-electron chi connectivity index (χ4n) is 1.14. The molecule has 0 spiro atoms. The highest BCUT2D eigenvalue weighted by Gasteiger charge is 2.09. The number of ketones is 1. The Hall–Kier alpha value is -1.06. The molecular formula is C8H17N3O. The maximum atomic E-state index is 10.8. The predicted octanol–water partition coefficient (Wildman–Crippen LogP) is 0.617. The van der Waals surface area contributed by atoms with Gasteiger partial charge >= 0.3 is 0 Å². The van der Waals surface area contributed by atoms with Crippen LogP contribution >= 0.6 is 0 Å². The van der Waals surface area contributed by atoms with Crippen molar-refractivity contribution >= 4 is 11.7 Å². The smallest absolute Gasteiger partial charge is 0.185 e. The van der Waals surface area contributed by atoms with Gasteiger partial charge in [-0.05, 0) is 13.3 Å². The molecular weight excluding hydrogens is 154 g/mol. The fourth-order valence-corrected chi connectivity index (χ4v) is 1.14. The zero-order valence-corrected chi connectivity index (χ0v) is 7.68. The number of rotatable bonds is 5. The molecule has 0 rings (SSSR count). The number of Topliss-reactive ketones (excluding diaryl/α,β-unsaturated/α-hetero) is 1. The van der Waals surface area contributed by atoms with Gasteiger partial charge in [0.25, 0.3) is 0 Å². The molecule has 0 aromatic carbocycles. The summed E-state index contributed by atoms with van der Waals surface area (Å²) in [7, 11) is 0. The second-order valence-electron chi connectivity index (χ2n) is 2.95. The largest absolute Gasteiger partial charge is 0.370 e. The first-order valence-corrected chi connectivity index (χ1v) is 4.16. The maximum absolute atomic E-state index is 10.8. The second kappa shape index (κ2) is 5.57. The molecule has 1 atom stereocenters. The normalized spacial score (nSPS) is 12.2. The summed E-state index contributed by atoms with van der Waals surface area (Å²) in [5, 5.41) is 9.76. The molecule has 4 heteroatoms. The first-order valence-electron chi connectivity index (χ1n) is 4.16. The van der Waals surface area contributed by atoms with E-state index in [9.17, 15) is 4.79 Å². The molecule has 0 aliphatic carbocycles. The van der Waals surface area contributed by atoms with E-state index >= 15 is 0 Å². The van der Waals surface area contributed by atoms with Crippen molar-refractivity contribution in [3.8, 4) is 0 Å². The topological polar surface area (TPSA) is 79.0 Å². The summed E-state index contributed by atoms with van der Waals surface area (Å²) in [6.07, 6.45) is 2.31. The average Bonchev–Trinajstić information content (AvgIpc) is 1.84. The number of carbonyl (C=O) groups excluding carboxylic acids is 1. The van der Waals surface area contributed by atoms with Gasteiger partial charge in [0.1, 0.15) is 5.78 Å². The number of hydrogen-bond acceptors (Lipinski definition) is 2. The minimum atomic E-state index is -0.0605. The van der Waals surface area contributed by atoms with Crippen LogP contribution in [0.15, 0.2) is 0 Å². The lowest BCUT2D eigenvalue weighted by Gasteiger charge is -2.15. The summed E-state index contributed by atoms with van der Waals surface area (Å²) in [4.78, 5) is 10.8.